The molecule has 0 aromatic rings. The Kier molecular flexibility index (Phi) is 4.56. The van der Waals surface area contributed by atoms with E-state index in [-0.39, 0.29) is 13.1 Å². The molecule has 104 valence electrons. The van der Waals surface area contributed by atoms with Crippen molar-refractivity contribution in [1.82, 2.24) is 4.90 Å². The number of ether oxygens (including phenoxy) is 2. The molecule has 0 saturated carbocycles. The Balaban J connectivity index is 2.66. The van der Waals surface area contributed by atoms with E-state index in [2.05, 4.69) is 4.74 Å². The summed E-state index contributed by atoms with van der Waals surface area (Å²) in [5, 5.41) is 9.68. The summed E-state index contributed by atoms with van der Waals surface area (Å²) in [5.41, 5.74) is -0.597. The average molecular weight is 259 g/mol. The average Bonchev–Trinajstić information content (AvgIpc) is 2.24. The van der Waals surface area contributed by atoms with Gasteiger partial charge in [-0.15, -0.1) is 0 Å². The van der Waals surface area contributed by atoms with E-state index in [1.165, 1.54) is 12.0 Å². The molecule has 1 aliphatic heterocycles. The zero-order valence-corrected chi connectivity index (χ0v) is 11.3. The highest BCUT2D eigenvalue weighted by Crippen LogP contribution is 2.20. The fourth-order valence-electron chi connectivity index (χ4n) is 1.89. The Morgan fingerprint density at radius 1 is 1.28 bits per heavy atom. The highest BCUT2D eigenvalue weighted by Gasteiger charge is 2.35. The maximum absolute atomic E-state index is 11.9. The lowest BCUT2D eigenvalue weighted by molar-refractivity contribution is -0.149. The van der Waals surface area contributed by atoms with Crippen LogP contribution in [0.15, 0.2) is 0 Å². The van der Waals surface area contributed by atoms with Crippen molar-refractivity contribution in [3.63, 3.8) is 0 Å². The molecule has 1 rings (SSSR count). The van der Waals surface area contributed by atoms with Crippen LogP contribution in [0.1, 0.15) is 27.2 Å². The van der Waals surface area contributed by atoms with Gasteiger partial charge in [-0.25, -0.2) is 4.79 Å². The molecular formula is C12H21NO5. The molecule has 0 unspecified atom stereocenters. The monoisotopic (exact) mass is 259 g/mol. The largest absolute Gasteiger partial charge is 0.469 e. The molecule has 0 radical (unpaired) electrons. The van der Waals surface area contributed by atoms with Gasteiger partial charge >= 0.3 is 12.1 Å². The molecule has 2 atom stereocenters. The van der Waals surface area contributed by atoms with E-state index >= 15 is 0 Å². The standard InChI is InChI=1S/C12H21NO5/c1-12(2,3)18-11(16)13-6-8(10(15)17-4)5-9(14)7-13/h8-9,14H,5-7H2,1-4H3/t8-,9-/m0/s1. The molecule has 0 aromatic heterocycles. The summed E-state index contributed by atoms with van der Waals surface area (Å²) < 4.78 is 9.85. The molecule has 18 heavy (non-hydrogen) atoms. The smallest absolute Gasteiger partial charge is 0.410 e. The highest BCUT2D eigenvalue weighted by molar-refractivity contribution is 5.75. The van der Waals surface area contributed by atoms with Crippen LogP contribution in [-0.4, -0.2) is 54.0 Å². The summed E-state index contributed by atoms with van der Waals surface area (Å²) >= 11 is 0. The van der Waals surface area contributed by atoms with E-state index in [1.807, 2.05) is 0 Å². The molecular weight excluding hydrogens is 238 g/mol. The Bertz CT molecular complexity index is 323. The van der Waals surface area contributed by atoms with Crippen LogP contribution in [0.3, 0.4) is 0 Å². The van der Waals surface area contributed by atoms with Crippen molar-refractivity contribution in [3.05, 3.63) is 0 Å². The van der Waals surface area contributed by atoms with Gasteiger partial charge in [0.25, 0.3) is 0 Å². The maximum atomic E-state index is 11.9. The van der Waals surface area contributed by atoms with Gasteiger partial charge in [-0.2, -0.15) is 0 Å². The van der Waals surface area contributed by atoms with Crippen molar-refractivity contribution in [1.29, 1.82) is 0 Å². The third-order valence-electron chi connectivity index (χ3n) is 2.61. The first kappa shape index (κ1) is 14.8. The van der Waals surface area contributed by atoms with Crippen LogP contribution in [0.2, 0.25) is 0 Å². The second kappa shape index (κ2) is 5.56. The van der Waals surface area contributed by atoms with E-state index in [0.717, 1.165) is 0 Å². The lowest BCUT2D eigenvalue weighted by atomic mass is 9.96. The summed E-state index contributed by atoms with van der Waals surface area (Å²) in [4.78, 5) is 24.7. The molecule has 0 spiro atoms. The summed E-state index contributed by atoms with van der Waals surface area (Å²) in [6, 6.07) is 0. The van der Waals surface area contributed by atoms with E-state index in [9.17, 15) is 14.7 Å². The van der Waals surface area contributed by atoms with Gasteiger partial charge in [-0.05, 0) is 27.2 Å². The molecule has 0 aliphatic carbocycles. The third-order valence-corrected chi connectivity index (χ3v) is 2.61. The second-order valence-electron chi connectivity index (χ2n) is 5.49. The van der Waals surface area contributed by atoms with Gasteiger partial charge in [0.2, 0.25) is 0 Å². The Labute approximate surface area is 107 Å². The lowest BCUT2D eigenvalue weighted by Crippen LogP contribution is -2.49. The minimum atomic E-state index is -0.727. The number of likely N-dealkylation sites (tertiary alicyclic amines) is 1. The van der Waals surface area contributed by atoms with Crippen LogP contribution in [-0.2, 0) is 14.3 Å². The zero-order valence-electron chi connectivity index (χ0n) is 11.3. The Morgan fingerprint density at radius 3 is 2.39 bits per heavy atom. The Morgan fingerprint density at radius 2 is 1.89 bits per heavy atom. The minimum absolute atomic E-state index is 0.183. The van der Waals surface area contributed by atoms with Crippen molar-refractivity contribution in [2.24, 2.45) is 5.92 Å². The van der Waals surface area contributed by atoms with Crippen LogP contribution in [0.4, 0.5) is 4.79 Å². The summed E-state index contributed by atoms with van der Waals surface area (Å²) in [6.45, 7) is 5.70. The number of carbonyl (C=O) groups is 2. The van der Waals surface area contributed by atoms with Gasteiger partial charge in [0.05, 0.1) is 19.1 Å². The SMILES string of the molecule is COC(=O)[C@H]1C[C@H](O)CN(C(=O)OC(C)(C)C)C1. The first-order chi connectivity index (χ1) is 8.23. The van der Waals surface area contributed by atoms with E-state index in [1.54, 1.807) is 20.8 Å². The number of carbonyl (C=O) groups excluding carboxylic acids is 2. The predicted octanol–water partition coefficient (Wildman–Crippen LogP) is 0.777. The van der Waals surface area contributed by atoms with E-state index in [0.29, 0.717) is 6.42 Å². The normalized spacial score (nSPS) is 24.6. The second-order valence-corrected chi connectivity index (χ2v) is 5.49. The molecule has 1 heterocycles. The van der Waals surface area contributed by atoms with Gasteiger partial charge in [-0.3, -0.25) is 4.79 Å². The summed E-state index contributed by atoms with van der Waals surface area (Å²) in [5.74, 6) is -0.909. The fraction of sp³-hybridized carbons (Fsp3) is 0.833. The predicted molar refractivity (Wildman–Crippen MR) is 63.9 cm³/mol. The number of esters is 1. The quantitative estimate of drug-likeness (QED) is 0.704. The zero-order chi connectivity index (χ0) is 13.9. The Hall–Kier alpha value is -1.30. The fourth-order valence-corrected chi connectivity index (χ4v) is 1.89. The number of amides is 1. The van der Waals surface area contributed by atoms with Crippen LogP contribution >= 0.6 is 0 Å². The molecule has 1 amide bonds. The highest BCUT2D eigenvalue weighted by atomic mass is 16.6. The van der Waals surface area contributed by atoms with E-state index in [4.69, 9.17) is 4.74 Å². The number of hydrogen-bond acceptors (Lipinski definition) is 5. The summed E-state index contributed by atoms with van der Waals surface area (Å²) in [6.07, 6.45) is -0.933. The molecule has 6 nitrogen and oxygen atoms in total. The summed E-state index contributed by atoms with van der Waals surface area (Å²) in [7, 11) is 1.29. The first-order valence-corrected chi connectivity index (χ1v) is 5.96. The van der Waals surface area contributed by atoms with Crippen LogP contribution < -0.4 is 0 Å². The number of aliphatic hydroxyl groups is 1. The van der Waals surface area contributed by atoms with Crippen LogP contribution in [0.25, 0.3) is 0 Å². The van der Waals surface area contributed by atoms with Crippen molar-refractivity contribution in [3.8, 4) is 0 Å². The molecule has 6 heteroatoms. The lowest BCUT2D eigenvalue weighted by Gasteiger charge is -2.35. The van der Waals surface area contributed by atoms with Crippen molar-refractivity contribution >= 4 is 12.1 Å². The number of hydrogen-bond donors (Lipinski definition) is 1. The third kappa shape index (κ3) is 4.18. The number of β-amino-alcohol motifs (C(OH)–C–C–N with tert-alkyl or cyclic N) is 1. The van der Waals surface area contributed by atoms with Gasteiger partial charge in [0.15, 0.2) is 0 Å². The molecule has 0 aromatic carbocycles. The maximum Gasteiger partial charge on any atom is 0.410 e. The van der Waals surface area contributed by atoms with Crippen molar-refractivity contribution < 1.29 is 24.2 Å². The molecule has 1 saturated heterocycles. The minimum Gasteiger partial charge on any atom is -0.469 e. The van der Waals surface area contributed by atoms with Crippen LogP contribution in [0, 0.1) is 5.92 Å². The molecule has 1 fully saturated rings. The van der Waals surface area contributed by atoms with Crippen molar-refractivity contribution in [2.45, 2.75) is 38.9 Å². The topological polar surface area (TPSA) is 76.1 Å². The number of rotatable bonds is 1. The van der Waals surface area contributed by atoms with E-state index < -0.39 is 29.7 Å². The molecule has 0 bridgehead atoms. The van der Waals surface area contributed by atoms with Gasteiger partial charge in [0.1, 0.15) is 5.60 Å². The number of piperidine rings is 1. The van der Waals surface area contributed by atoms with Gasteiger partial charge in [-0.1, -0.05) is 0 Å². The molecule has 1 N–H and O–H groups in total. The van der Waals surface area contributed by atoms with Crippen LogP contribution in [0.5, 0.6) is 0 Å². The number of aliphatic hydroxyl groups excluding tert-OH is 1. The molecule has 1 aliphatic rings. The first-order valence-electron chi connectivity index (χ1n) is 5.96. The van der Waals surface area contributed by atoms with Crippen molar-refractivity contribution in [2.75, 3.05) is 20.2 Å². The van der Waals surface area contributed by atoms with Gasteiger partial charge in [0, 0.05) is 13.1 Å². The number of nitrogens with zero attached hydrogens (tertiary/aromatic N) is 1. The van der Waals surface area contributed by atoms with Gasteiger partial charge < -0.3 is 19.5 Å². The number of methoxy groups -OCH3 is 1.